The first kappa shape index (κ1) is 14.0. The minimum atomic E-state index is -0.238. The van der Waals surface area contributed by atoms with Crippen molar-refractivity contribution in [3.63, 3.8) is 0 Å². The third kappa shape index (κ3) is 3.30. The Morgan fingerprint density at radius 3 is 2.68 bits per heavy atom. The number of aliphatic hydroxyl groups excluding tert-OH is 1. The molecule has 0 aliphatic heterocycles. The molecule has 1 aromatic heterocycles. The van der Waals surface area contributed by atoms with Gasteiger partial charge in [0.1, 0.15) is 5.82 Å². The number of thiazole rings is 1. The Balaban J connectivity index is 2.32. The van der Waals surface area contributed by atoms with Crippen molar-refractivity contribution < 1.29 is 9.50 Å². The molecule has 0 fully saturated rings. The first-order chi connectivity index (χ1) is 9.11. The van der Waals surface area contributed by atoms with Crippen LogP contribution in [-0.4, -0.2) is 16.3 Å². The molecule has 1 heterocycles. The first-order valence-electron chi connectivity index (χ1n) is 6.17. The highest BCUT2D eigenvalue weighted by atomic mass is 32.1. The van der Waals surface area contributed by atoms with E-state index >= 15 is 0 Å². The SMILES string of the molecule is Cc1cs/c(=N/[C@@H](C)c2ccc(F)cc2)n1CCO. The number of benzene rings is 1. The van der Waals surface area contributed by atoms with Gasteiger partial charge in [-0.3, -0.25) is 4.99 Å². The number of hydrogen-bond donors (Lipinski definition) is 1. The number of rotatable bonds is 4. The zero-order valence-corrected chi connectivity index (χ0v) is 11.8. The van der Waals surface area contributed by atoms with E-state index in [4.69, 9.17) is 5.11 Å². The lowest BCUT2D eigenvalue weighted by atomic mass is 10.1. The summed E-state index contributed by atoms with van der Waals surface area (Å²) in [5, 5.41) is 11.1. The Morgan fingerprint density at radius 2 is 2.05 bits per heavy atom. The van der Waals surface area contributed by atoms with Crippen molar-refractivity contribution in [2.45, 2.75) is 26.4 Å². The van der Waals surface area contributed by atoms with E-state index in [1.54, 1.807) is 23.5 Å². The minimum absolute atomic E-state index is 0.0383. The molecule has 19 heavy (non-hydrogen) atoms. The van der Waals surface area contributed by atoms with Crippen molar-refractivity contribution in [3.8, 4) is 0 Å². The summed E-state index contributed by atoms with van der Waals surface area (Å²) >= 11 is 1.55. The molecule has 0 aliphatic carbocycles. The van der Waals surface area contributed by atoms with Gasteiger partial charge in [-0.2, -0.15) is 0 Å². The Hall–Kier alpha value is -1.46. The van der Waals surface area contributed by atoms with Crippen LogP contribution in [0.15, 0.2) is 34.6 Å². The molecular weight excluding hydrogens is 263 g/mol. The van der Waals surface area contributed by atoms with Crippen molar-refractivity contribution in [2.75, 3.05) is 6.61 Å². The van der Waals surface area contributed by atoms with Gasteiger partial charge in [-0.05, 0) is 31.5 Å². The molecular formula is C14H17FN2OS. The molecule has 5 heteroatoms. The summed E-state index contributed by atoms with van der Waals surface area (Å²) in [5.41, 5.74) is 2.06. The lowest BCUT2D eigenvalue weighted by molar-refractivity contribution is 0.273. The van der Waals surface area contributed by atoms with Crippen LogP contribution in [0.3, 0.4) is 0 Å². The van der Waals surface area contributed by atoms with Gasteiger partial charge in [0.25, 0.3) is 0 Å². The molecule has 0 spiro atoms. The Kier molecular flexibility index (Phi) is 4.50. The first-order valence-corrected chi connectivity index (χ1v) is 7.05. The highest BCUT2D eigenvalue weighted by molar-refractivity contribution is 7.07. The van der Waals surface area contributed by atoms with Crippen LogP contribution in [0, 0.1) is 12.7 Å². The van der Waals surface area contributed by atoms with Crippen molar-refractivity contribution >= 4 is 11.3 Å². The van der Waals surface area contributed by atoms with Crippen molar-refractivity contribution in [3.05, 3.63) is 51.5 Å². The van der Waals surface area contributed by atoms with Gasteiger partial charge in [-0.1, -0.05) is 12.1 Å². The van der Waals surface area contributed by atoms with E-state index in [1.165, 1.54) is 12.1 Å². The summed E-state index contributed by atoms with van der Waals surface area (Å²) in [5.74, 6) is -0.238. The molecule has 1 aromatic carbocycles. The molecule has 0 saturated heterocycles. The van der Waals surface area contributed by atoms with Gasteiger partial charge in [0.15, 0.2) is 4.80 Å². The fraction of sp³-hybridized carbons (Fsp3) is 0.357. The van der Waals surface area contributed by atoms with E-state index in [-0.39, 0.29) is 18.5 Å². The molecule has 0 saturated carbocycles. The largest absolute Gasteiger partial charge is 0.395 e. The van der Waals surface area contributed by atoms with E-state index in [1.807, 2.05) is 23.8 Å². The molecule has 1 atom stereocenters. The number of nitrogens with zero attached hydrogens (tertiary/aromatic N) is 2. The molecule has 0 radical (unpaired) electrons. The molecule has 2 aromatic rings. The molecule has 0 amide bonds. The van der Waals surface area contributed by atoms with Crippen LogP contribution in [0.1, 0.15) is 24.2 Å². The van der Waals surface area contributed by atoms with Crippen molar-refractivity contribution in [2.24, 2.45) is 4.99 Å². The molecule has 2 rings (SSSR count). The maximum atomic E-state index is 12.9. The van der Waals surface area contributed by atoms with Crippen molar-refractivity contribution in [1.29, 1.82) is 0 Å². The summed E-state index contributed by atoms with van der Waals surface area (Å²) in [6.07, 6.45) is 0. The summed E-state index contributed by atoms with van der Waals surface area (Å²) < 4.78 is 14.9. The zero-order valence-electron chi connectivity index (χ0n) is 11.0. The smallest absolute Gasteiger partial charge is 0.185 e. The van der Waals surface area contributed by atoms with E-state index in [9.17, 15) is 4.39 Å². The Morgan fingerprint density at radius 1 is 1.37 bits per heavy atom. The second kappa shape index (κ2) is 6.12. The van der Waals surface area contributed by atoms with Crippen LogP contribution in [-0.2, 0) is 6.54 Å². The van der Waals surface area contributed by atoms with Crippen LogP contribution >= 0.6 is 11.3 Å². The molecule has 0 bridgehead atoms. The summed E-state index contributed by atoms with van der Waals surface area (Å²) in [7, 11) is 0. The average molecular weight is 280 g/mol. The normalized spacial score (nSPS) is 13.8. The fourth-order valence-electron chi connectivity index (χ4n) is 1.87. The fourth-order valence-corrected chi connectivity index (χ4v) is 2.85. The third-order valence-electron chi connectivity index (χ3n) is 2.97. The maximum absolute atomic E-state index is 12.9. The van der Waals surface area contributed by atoms with E-state index in [0.717, 1.165) is 16.1 Å². The van der Waals surface area contributed by atoms with Gasteiger partial charge in [-0.15, -0.1) is 11.3 Å². The number of hydrogen-bond acceptors (Lipinski definition) is 3. The standard InChI is InChI=1S/C14H17FN2OS/c1-10-9-19-14(17(10)7-8-18)16-11(2)12-3-5-13(15)6-4-12/h3-6,9,11,18H,7-8H2,1-2H3/b16-14+/t11-/m0/s1. The predicted molar refractivity (Wildman–Crippen MR) is 74.5 cm³/mol. The number of halogens is 1. The molecule has 1 N–H and O–H groups in total. The second-order valence-electron chi connectivity index (χ2n) is 4.39. The molecule has 0 unspecified atom stereocenters. The van der Waals surface area contributed by atoms with Crippen LogP contribution in [0.5, 0.6) is 0 Å². The van der Waals surface area contributed by atoms with Crippen LogP contribution in [0.4, 0.5) is 4.39 Å². The van der Waals surface area contributed by atoms with Crippen LogP contribution in [0.25, 0.3) is 0 Å². The van der Waals surface area contributed by atoms with Gasteiger partial charge >= 0.3 is 0 Å². The predicted octanol–water partition coefficient (Wildman–Crippen LogP) is 2.65. The Bertz CT molecular complexity index is 601. The Labute approximate surface area is 115 Å². The molecule has 102 valence electrons. The highest BCUT2D eigenvalue weighted by Crippen LogP contribution is 2.16. The summed E-state index contributed by atoms with van der Waals surface area (Å²) in [4.78, 5) is 5.52. The average Bonchev–Trinajstić information content (AvgIpc) is 2.73. The quantitative estimate of drug-likeness (QED) is 0.918. The number of aromatic nitrogens is 1. The highest BCUT2D eigenvalue weighted by Gasteiger charge is 2.06. The molecule has 0 aliphatic rings. The van der Waals surface area contributed by atoms with Gasteiger partial charge in [0, 0.05) is 17.6 Å². The summed E-state index contributed by atoms with van der Waals surface area (Å²) in [6, 6.07) is 6.36. The van der Waals surface area contributed by atoms with Gasteiger partial charge in [-0.25, -0.2) is 4.39 Å². The molecule has 3 nitrogen and oxygen atoms in total. The number of aryl methyl sites for hydroxylation is 1. The lowest BCUT2D eigenvalue weighted by Gasteiger charge is -2.07. The van der Waals surface area contributed by atoms with E-state index < -0.39 is 0 Å². The van der Waals surface area contributed by atoms with Crippen LogP contribution < -0.4 is 4.80 Å². The minimum Gasteiger partial charge on any atom is -0.395 e. The second-order valence-corrected chi connectivity index (χ2v) is 5.23. The monoisotopic (exact) mass is 280 g/mol. The zero-order chi connectivity index (χ0) is 13.8. The lowest BCUT2D eigenvalue weighted by Crippen LogP contribution is -2.19. The third-order valence-corrected chi connectivity index (χ3v) is 3.97. The van der Waals surface area contributed by atoms with Gasteiger partial charge < -0.3 is 9.67 Å². The summed E-state index contributed by atoms with van der Waals surface area (Å²) in [6.45, 7) is 4.61. The van der Waals surface area contributed by atoms with Crippen LogP contribution in [0.2, 0.25) is 0 Å². The number of aliphatic hydroxyl groups is 1. The maximum Gasteiger partial charge on any atom is 0.185 e. The van der Waals surface area contributed by atoms with Gasteiger partial charge in [0.05, 0.1) is 12.6 Å². The van der Waals surface area contributed by atoms with Gasteiger partial charge in [0.2, 0.25) is 0 Å². The van der Waals surface area contributed by atoms with E-state index in [0.29, 0.717) is 6.54 Å². The van der Waals surface area contributed by atoms with E-state index in [2.05, 4.69) is 4.99 Å². The van der Waals surface area contributed by atoms with Crippen molar-refractivity contribution in [1.82, 2.24) is 4.57 Å². The topological polar surface area (TPSA) is 37.5 Å².